The molecule has 5 heteroatoms. The van der Waals surface area contributed by atoms with E-state index in [2.05, 4.69) is 33.4 Å². The molecule has 3 aromatic carbocycles. The molecule has 3 rings (SSSR count). The predicted molar refractivity (Wildman–Crippen MR) is 106 cm³/mol. The van der Waals surface area contributed by atoms with Crippen LogP contribution >= 0.6 is 22.6 Å². The minimum Gasteiger partial charge on any atom is -0.267 e. The van der Waals surface area contributed by atoms with E-state index in [0.29, 0.717) is 11.1 Å². The highest BCUT2D eigenvalue weighted by atomic mass is 127. The first kappa shape index (κ1) is 17.2. The third-order valence-corrected chi connectivity index (χ3v) is 4.60. The second-order valence-electron chi connectivity index (χ2n) is 5.33. The molecular weight excluding hydrogens is 427 g/mol. The summed E-state index contributed by atoms with van der Waals surface area (Å²) in [5.74, 6) is -0.710. The molecule has 25 heavy (non-hydrogen) atoms. The van der Waals surface area contributed by atoms with Crippen molar-refractivity contribution in [2.75, 3.05) is 0 Å². The van der Waals surface area contributed by atoms with E-state index in [4.69, 9.17) is 0 Å². The average Bonchev–Trinajstić information content (AvgIpc) is 2.67. The number of rotatable bonds is 3. The Kier molecular flexibility index (Phi) is 5.45. The minimum absolute atomic E-state index is 0.348. The van der Waals surface area contributed by atoms with Gasteiger partial charge >= 0.3 is 0 Å². The van der Waals surface area contributed by atoms with Crippen LogP contribution in [0.15, 0.2) is 78.9 Å². The SMILES string of the molecule is O=C(NNC(=O)c1ccccc1I)c1ccc(-c2ccccc2)cc1. The summed E-state index contributed by atoms with van der Waals surface area (Å²) >= 11 is 2.08. The van der Waals surface area contributed by atoms with Crippen LogP contribution in [-0.4, -0.2) is 11.8 Å². The van der Waals surface area contributed by atoms with Crippen molar-refractivity contribution in [3.8, 4) is 11.1 Å². The minimum atomic E-state index is -0.362. The Hall–Kier alpha value is -2.67. The van der Waals surface area contributed by atoms with Crippen molar-refractivity contribution in [1.82, 2.24) is 10.9 Å². The molecule has 0 fully saturated rings. The highest BCUT2D eigenvalue weighted by Crippen LogP contribution is 2.19. The van der Waals surface area contributed by atoms with Crippen molar-refractivity contribution in [2.24, 2.45) is 0 Å². The van der Waals surface area contributed by atoms with Gasteiger partial charge in [0.1, 0.15) is 0 Å². The average molecular weight is 442 g/mol. The van der Waals surface area contributed by atoms with Crippen molar-refractivity contribution < 1.29 is 9.59 Å². The van der Waals surface area contributed by atoms with Crippen molar-refractivity contribution in [3.05, 3.63) is 93.6 Å². The van der Waals surface area contributed by atoms with E-state index in [1.807, 2.05) is 54.6 Å². The van der Waals surface area contributed by atoms with Gasteiger partial charge in [-0.2, -0.15) is 0 Å². The summed E-state index contributed by atoms with van der Waals surface area (Å²) in [6.45, 7) is 0. The molecule has 0 radical (unpaired) electrons. The lowest BCUT2D eigenvalue weighted by Crippen LogP contribution is -2.41. The Morgan fingerprint density at radius 2 is 1.20 bits per heavy atom. The van der Waals surface area contributed by atoms with Gasteiger partial charge in [0.05, 0.1) is 5.56 Å². The molecule has 0 unspecified atom stereocenters. The zero-order valence-corrected chi connectivity index (χ0v) is 15.4. The Bertz CT molecular complexity index is 893. The molecule has 2 amide bonds. The van der Waals surface area contributed by atoms with Gasteiger partial charge in [-0.3, -0.25) is 20.4 Å². The van der Waals surface area contributed by atoms with Crippen LogP contribution in [0.5, 0.6) is 0 Å². The first-order valence-corrected chi connectivity index (χ1v) is 8.74. The first-order chi connectivity index (χ1) is 12.1. The van der Waals surface area contributed by atoms with E-state index in [1.54, 1.807) is 24.3 Å². The zero-order chi connectivity index (χ0) is 17.6. The van der Waals surface area contributed by atoms with Crippen LogP contribution in [0.25, 0.3) is 11.1 Å². The summed E-state index contributed by atoms with van der Waals surface area (Å²) in [6, 6.07) is 24.3. The molecule has 2 N–H and O–H groups in total. The van der Waals surface area contributed by atoms with Crippen LogP contribution < -0.4 is 10.9 Å². The number of benzene rings is 3. The van der Waals surface area contributed by atoms with Crippen LogP contribution in [-0.2, 0) is 0 Å². The molecule has 0 aliphatic carbocycles. The maximum Gasteiger partial charge on any atom is 0.270 e. The molecule has 3 aromatic rings. The fourth-order valence-corrected chi connectivity index (χ4v) is 2.98. The van der Waals surface area contributed by atoms with Crippen LogP contribution in [0.3, 0.4) is 0 Å². The van der Waals surface area contributed by atoms with Crippen LogP contribution in [0.2, 0.25) is 0 Å². The second kappa shape index (κ2) is 7.94. The number of halogens is 1. The van der Waals surface area contributed by atoms with Gasteiger partial charge in [-0.1, -0.05) is 54.6 Å². The zero-order valence-electron chi connectivity index (χ0n) is 13.2. The van der Waals surface area contributed by atoms with E-state index in [9.17, 15) is 9.59 Å². The number of hydrogen-bond donors (Lipinski definition) is 2. The molecule has 0 spiro atoms. The lowest BCUT2D eigenvalue weighted by Gasteiger charge is -2.09. The number of carbonyl (C=O) groups is 2. The van der Waals surface area contributed by atoms with Gasteiger partial charge in [0.15, 0.2) is 0 Å². The number of amides is 2. The molecule has 0 aromatic heterocycles. The van der Waals surface area contributed by atoms with E-state index >= 15 is 0 Å². The van der Waals surface area contributed by atoms with E-state index < -0.39 is 0 Å². The molecule has 0 bridgehead atoms. The van der Waals surface area contributed by atoms with Crippen molar-refractivity contribution in [2.45, 2.75) is 0 Å². The largest absolute Gasteiger partial charge is 0.270 e. The number of carbonyl (C=O) groups excluding carboxylic acids is 2. The fraction of sp³-hybridized carbons (Fsp3) is 0. The van der Waals surface area contributed by atoms with Crippen LogP contribution in [0, 0.1) is 3.57 Å². The van der Waals surface area contributed by atoms with Crippen LogP contribution in [0.4, 0.5) is 0 Å². The molecule has 0 aliphatic rings. The number of hydrogen-bond acceptors (Lipinski definition) is 2. The Morgan fingerprint density at radius 3 is 1.88 bits per heavy atom. The fourth-order valence-electron chi connectivity index (χ4n) is 2.34. The molecule has 0 saturated carbocycles. The normalized spacial score (nSPS) is 10.1. The van der Waals surface area contributed by atoms with Gasteiger partial charge in [-0.25, -0.2) is 0 Å². The summed E-state index contributed by atoms with van der Waals surface area (Å²) < 4.78 is 0.819. The molecular formula is C20H15IN2O2. The van der Waals surface area contributed by atoms with Crippen molar-refractivity contribution in [1.29, 1.82) is 0 Å². The lowest BCUT2D eigenvalue weighted by atomic mass is 10.0. The first-order valence-electron chi connectivity index (χ1n) is 7.66. The standard InChI is InChI=1S/C20H15IN2O2/c21-18-9-5-4-8-17(18)20(25)23-22-19(24)16-12-10-15(11-13-16)14-6-2-1-3-7-14/h1-13H,(H,22,24)(H,23,25). The molecule has 4 nitrogen and oxygen atoms in total. The van der Waals surface area contributed by atoms with Crippen LogP contribution in [0.1, 0.15) is 20.7 Å². The van der Waals surface area contributed by atoms with E-state index in [-0.39, 0.29) is 11.8 Å². The molecule has 0 aliphatic heterocycles. The summed E-state index contributed by atoms with van der Waals surface area (Å²) in [5, 5.41) is 0. The summed E-state index contributed by atoms with van der Waals surface area (Å²) in [4.78, 5) is 24.3. The predicted octanol–water partition coefficient (Wildman–Crippen LogP) is 4.03. The third kappa shape index (κ3) is 4.24. The van der Waals surface area contributed by atoms with E-state index in [0.717, 1.165) is 14.7 Å². The van der Waals surface area contributed by atoms with Gasteiger partial charge in [-0.05, 0) is 58.0 Å². The Labute approximate surface area is 159 Å². The quantitative estimate of drug-likeness (QED) is 0.476. The summed E-state index contributed by atoms with van der Waals surface area (Å²) in [6.07, 6.45) is 0. The number of hydrazine groups is 1. The van der Waals surface area contributed by atoms with Crippen molar-refractivity contribution >= 4 is 34.4 Å². The van der Waals surface area contributed by atoms with Crippen molar-refractivity contribution in [3.63, 3.8) is 0 Å². The van der Waals surface area contributed by atoms with Gasteiger partial charge in [0, 0.05) is 9.13 Å². The Morgan fingerprint density at radius 1 is 0.640 bits per heavy atom. The highest BCUT2D eigenvalue weighted by Gasteiger charge is 2.11. The highest BCUT2D eigenvalue weighted by molar-refractivity contribution is 14.1. The van der Waals surface area contributed by atoms with Gasteiger partial charge in [0.2, 0.25) is 0 Å². The molecule has 0 atom stereocenters. The topological polar surface area (TPSA) is 58.2 Å². The third-order valence-electron chi connectivity index (χ3n) is 3.66. The number of nitrogens with one attached hydrogen (secondary N) is 2. The van der Waals surface area contributed by atoms with Gasteiger partial charge < -0.3 is 0 Å². The monoisotopic (exact) mass is 442 g/mol. The summed E-state index contributed by atoms with van der Waals surface area (Å²) in [7, 11) is 0. The Balaban J connectivity index is 1.64. The molecule has 0 heterocycles. The lowest BCUT2D eigenvalue weighted by molar-refractivity contribution is 0.0846. The molecule has 0 saturated heterocycles. The van der Waals surface area contributed by atoms with Gasteiger partial charge in [0.25, 0.3) is 11.8 Å². The maximum atomic E-state index is 12.2. The smallest absolute Gasteiger partial charge is 0.267 e. The summed E-state index contributed by atoms with van der Waals surface area (Å²) in [5.41, 5.74) is 7.99. The molecule has 124 valence electrons. The second-order valence-corrected chi connectivity index (χ2v) is 6.49. The van der Waals surface area contributed by atoms with Gasteiger partial charge in [-0.15, -0.1) is 0 Å². The van der Waals surface area contributed by atoms with E-state index in [1.165, 1.54) is 0 Å². The maximum absolute atomic E-state index is 12.2.